The van der Waals surface area contributed by atoms with E-state index in [9.17, 15) is 14.0 Å². The second kappa shape index (κ2) is 6.08. The first-order valence-electron chi connectivity index (χ1n) is 7.49. The molecule has 6 heteroatoms. The lowest BCUT2D eigenvalue weighted by molar-refractivity contribution is -0.136. The third kappa shape index (κ3) is 3.38. The molecule has 2 amide bonds. The summed E-state index contributed by atoms with van der Waals surface area (Å²) >= 11 is 3.33. The van der Waals surface area contributed by atoms with Crippen molar-refractivity contribution in [1.29, 1.82) is 0 Å². The molecule has 0 radical (unpaired) electrons. The Morgan fingerprint density at radius 1 is 1.32 bits per heavy atom. The summed E-state index contributed by atoms with van der Waals surface area (Å²) < 4.78 is 14.3. The van der Waals surface area contributed by atoms with Gasteiger partial charge in [0, 0.05) is 29.4 Å². The second-order valence-corrected chi connectivity index (χ2v) is 7.13. The van der Waals surface area contributed by atoms with Crippen LogP contribution in [0.4, 0.5) is 4.39 Å². The summed E-state index contributed by atoms with van der Waals surface area (Å²) in [6.45, 7) is 1.28. The van der Waals surface area contributed by atoms with E-state index in [-0.39, 0.29) is 29.0 Å². The Morgan fingerprint density at radius 2 is 2.09 bits per heavy atom. The minimum atomic E-state index is -0.235. The molecule has 1 aromatic rings. The lowest BCUT2D eigenvalue weighted by Crippen LogP contribution is -2.45. The van der Waals surface area contributed by atoms with E-state index >= 15 is 0 Å². The average Bonchev–Trinajstić information content (AvgIpc) is 3.21. The van der Waals surface area contributed by atoms with E-state index in [1.807, 2.05) is 6.07 Å². The monoisotopic (exact) mass is 368 g/mol. The molecule has 3 rings (SSSR count). The Bertz CT molecular complexity index is 596. The Balaban J connectivity index is 1.57. The molecular weight excluding hydrogens is 351 g/mol. The molecule has 1 atom stereocenters. The van der Waals surface area contributed by atoms with Crippen LogP contribution in [0.15, 0.2) is 22.7 Å². The van der Waals surface area contributed by atoms with E-state index in [0.717, 1.165) is 29.4 Å². The molecule has 0 aromatic heterocycles. The summed E-state index contributed by atoms with van der Waals surface area (Å²) in [7, 11) is 0. The number of piperidine rings is 1. The maximum Gasteiger partial charge on any atom is 0.230 e. The first-order valence-corrected chi connectivity index (χ1v) is 8.29. The Labute approximate surface area is 137 Å². The van der Waals surface area contributed by atoms with Crippen molar-refractivity contribution in [3.63, 3.8) is 0 Å². The molecule has 2 N–H and O–H groups in total. The molecule has 4 nitrogen and oxygen atoms in total. The largest absolute Gasteiger partial charge is 0.315 e. The number of nitrogens with one attached hydrogen (secondary N) is 2. The first-order chi connectivity index (χ1) is 10.5. The van der Waals surface area contributed by atoms with Gasteiger partial charge in [-0.3, -0.25) is 14.9 Å². The van der Waals surface area contributed by atoms with E-state index in [0.29, 0.717) is 19.4 Å². The molecule has 1 aliphatic carbocycles. The van der Waals surface area contributed by atoms with Crippen LogP contribution in [0.5, 0.6) is 0 Å². The third-order valence-electron chi connectivity index (χ3n) is 4.54. The van der Waals surface area contributed by atoms with Gasteiger partial charge >= 0.3 is 0 Å². The number of hydrogen-bond donors (Lipinski definition) is 2. The van der Waals surface area contributed by atoms with Crippen molar-refractivity contribution in [3.8, 4) is 0 Å². The summed E-state index contributed by atoms with van der Waals surface area (Å²) in [5, 5.41) is 5.70. The van der Waals surface area contributed by atoms with Crippen LogP contribution in [0.3, 0.4) is 0 Å². The molecule has 118 valence electrons. The van der Waals surface area contributed by atoms with Crippen LogP contribution in [-0.2, 0) is 15.0 Å². The molecule has 1 saturated heterocycles. The molecule has 1 aliphatic heterocycles. The highest BCUT2D eigenvalue weighted by atomic mass is 79.9. The van der Waals surface area contributed by atoms with Gasteiger partial charge in [-0.2, -0.15) is 0 Å². The maximum atomic E-state index is 13.6. The van der Waals surface area contributed by atoms with E-state index in [1.54, 1.807) is 6.07 Å². The van der Waals surface area contributed by atoms with Crippen LogP contribution in [-0.4, -0.2) is 24.9 Å². The molecule has 0 bridgehead atoms. The van der Waals surface area contributed by atoms with Crippen LogP contribution in [0.2, 0.25) is 0 Å². The van der Waals surface area contributed by atoms with Gasteiger partial charge in [-0.1, -0.05) is 15.9 Å². The number of rotatable bonds is 5. The molecule has 1 heterocycles. The quantitative estimate of drug-likeness (QED) is 0.783. The van der Waals surface area contributed by atoms with E-state index in [4.69, 9.17) is 0 Å². The van der Waals surface area contributed by atoms with Gasteiger partial charge in [-0.15, -0.1) is 0 Å². The van der Waals surface area contributed by atoms with Crippen molar-refractivity contribution in [2.24, 2.45) is 5.92 Å². The van der Waals surface area contributed by atoms with Gasteiger partial charge in [-0.05, 0) is 43.0 Å². The Hall–Kier alpha value is -1.27. The van der Waals surface area contributed by atoms with E-state index in [1.165, 1.54) is 6.07 Å². The van der Waals surface area contributed by atoms with Gasteiger partial charge in [0.2, 0.25) is 11.8 Å². The van der Waals surface area contributed by atoms with E-state index < -0.39 is 0 Å². The van der Waals surface area contributed by atoms with Crippen LogP contribution in [0.1, 0.15) is 31.2 Å². The number of carbonyl (C=O) groups excluding carboxylic acids is 2. The fraction of sp³-hybridized carbons (Fsp3) is 0.500. The van der Waals surface area contributed by atoms with E-state index in [2.05, 4.69) is 26.6 Å². The van der Waals surface area contributed by atoms with Gasteiger partial charge in [-0.25, -0.2) is 4.39 Å². The fourth-order valence-corrected chi connectivity index (χ4v) is 3.46. The highest BCUT2D eigenvalue weighted by Gasteiger charge is 2.44. The lowest BCUT2D eigenvalue weighted by atomic mass is 9.94. The SMILES string of the molecule is O=C1CCC(CNCC2(c3cc(F)cc(Br)c3)CC2)C(=O)N1. The standard InChI is InChI=1S/C16H18BrFN2O2/c17-12-5-11(6-13(18)7-12)16(3-4-16)9-19-8-10-1-2-14(21)20-15(10)22/h5-7,10,19H,1-4,8-9H2,(H,20,21,22). The van der Waals surface area contributed by atoms with Crippen LogP contribution in [0.25, 0.3) is 0 Å². The maximum absolute atomic E-state index is 13.6. The molecule has 0 spiro atoms. The van der Waals surface area contributed by atoms with Crippen molar-refractivity contribution >= 4 is 27.7 Å². The summed E-state index contributed by atoms with van der Waals surface area (Å²) in [5.74, 6) is -0.778. The first kappa shape index (κ1) is 15.6. The van der Waals surface area contributed by atoms with Crippen LogP contribution in [0, 0.1) is 11.7 Å². The zero-order valence-corrected chi connectivity index (χ0v) is 13.7. The predicted octanol–water partition coefficient (Wildman–Crippen LogP) is 2.26. The molecule has 1 aromatic carbocycles. The van der Waals surface area contributed by atoms with Crippen molar-refractivity contribution in [2.75, 3.05) is 13.1 Å². The summed E-state index contributed by atoms with van der Waals surface area (Å²) in [4.78, 5) is 22.8. The molecular formula is C16H18BrFN2O2. The summed E-state index contributed by atoms with van der Waals surface area (Å²) in [5.41, 5.74) is 0.973. The molecule has 2 fully saturated rings. The normalized spacial score (nSPS) is 23.3. The van der Waals surface area contributed by atoms with Crippen molar-refractivity contribution in [2.45, 2.75) is 31.1 Å². The number of imide groups is 1. The number of amides is 2. The highest BCUT2D eigenvalue weighted by molar-refractivity contribution is 9.10. The third-order valence-corrected chi connectivity index (χ3v) is 4.99. The second-order valence-electron chi connectivity index (χ2n) is 6.22. The van der Waals surface area contributed by atoms with Gasteiger partial charge in [0.05, 0.1) is 5.92 Å². The average molecular weight is 369 g/mol. The smallest absolute Gasteiger partial charge is 0.230 e. The number of carbonyl (C=O) groups is 2. The molecule has 1 unspecified atom stereocenters. The van der Waals surface area contributed by atoms with Crippen LogP contribution < -0.4 is 10.6 Å². The molecule has 1 saturated carbocycles. The summed E-state index contributed by atoms with van der Waals surface area (Å²) in [6.07, 6.45) is 3.03. The van der Waals surface area contributed by atoms with Crippen LogP contribution >= 0.6 is 15.9 Å². The van der Waals surface area contributed by atoms with Gasteiger partial charge in [0.15, 0.2) is 0 Å². The van der Waals surface area contributed by atoms with Gasteiger partial charge in [0.25, 0.3) is 0 Å². The number of hydrogen-bond acceptors (Lipinski definition) is 3. The Morgan fingerprint density at radius 3 is 2.73 bits per heavy atom. The lowest BCUT2D eigenvalue weighted by Gasteiger charge is -2.23. The zero-order chi connectivity index (χ0) is 15.7. The summed E-state index contributed by atoms with van der Waals surface area (Å²) in [6, 6.07) is 5.01. The minimum absolute atomic E-state index is 0.0222. The zero-order valence-electron chi connectivity index (χ0n) is 12.1. The molecule has 2 aliphatic rings. The Kier molecular flexibility index (Phi) is 4.32. The number of halogens is 2. The highest BCUT2D eigenvalue weighted by Crippen LogP contribution is 2.48. The van der Waals surface area contributed by atoms with Gasteiger partial charge < -0.3 is 5.32 Å². The predicted molar refractivity (Wildman–Crippen MR) is 83.8 cm³/mol. The van der Waals surface area contributed by atoms with Crippen molar-refractivity contribution in [1.82, 2.24) is 10.6 Å². The molecule has 22 heavy (non-hydrogen) atoms. The van der Waals surface area contributed by atoms with Crippen molar-refractivity contribution in [3.05, 3.63) is 34.1 Å². The van der Waals surface area contributed by atoms with Crippen molar-refractivity contribution < 1.29 is 14.0 Å². The van der Waals surface area contributed by atoms with Gasteiger partial charge in [0.1, 0.15) is 5.82 Å². The topological polar surface area (TPSA) is 58.2 Å². The fourth-order valence-electron chi connectivity index (χ4n) is 3.00. The number of benzene rings is 1. The minimum Gasteiger partial charge on any atom is -0.315 e.